The molecular weight excluding hydrogens is 274 g/mol. The van der Waals surface area contributed by atoms with Gasteiger partial charge in [0, 0.05) is 13.3 Å². The molecule has 1 atom stereocenters. The van der Waals surface area contributed by atoms with Crippen LogP contribution in [0.25, 0.3) is 0 Å². The summed E-state index contributed by atoms with van der Waals surface area (Å²) in [7, 11) is -1.49. The molecule has 1 unspecified atom stereocenters. The summed E-state index contributed by atoms with van der Waals surface area (Å²) in [5.74, 6) is 0. The Hall–Kier alpha value is -0.590. The fourth-order valence-corrected chi connectivity index (χ4v) is 2.73. The fraction of sp³-hybridized carbons (Fsp3) is 0.727. The first kappa shape index (κ1) is 15.5. The Morgan fingerprint density at radius 2 is 2.11 bits per heavy atom. The maximum Gasteiger partial charge on any atom is 0.154 e. The molecule has 18 heavy (non-hydrogen) atoms. The third-order valence-electron chi connectivity index (χ3n) is 3.27. The summed E-state index contributed by atoms with van der Waals surface area (Å²) in [6.45, 7) is 5.96. The summed E-state index contributed by atoms with van der Waals surface area (Å²) in [6, 6.07) is -0.405. The molecule has 1 aromatic heterocycles. The van der Waals surface area contributed by atoms with Crippen molar-refractivity contribution >= 4 is 21.4 Å². The zero-order valence-corrected chi connectivity index (χ0v) is 12.9. The zero-order chi connectivity index (χ0) is 14.1. The molecule has 1 heterocycles. The number of nitrogens with one attached hydrogen (secondary N) is 1. The van der Waals surface area contributed by atoms with Crippen LogP contribution in [0.4, 0.5) is 0 Å². The minimum absolute atomic E-state index is 0.405. The van der Waals surface area contributed by atoms with Crippen molar-refractivity contribution in [2.45, 2.75) is 31.6 Å². The van der Waals surface area contributed by atoms with Crippen LogP contribution < -0.4 is 5.32 Å². The molecule has 7 heteroatoms. The van der Waals surface area contributed by atoms with Gasteiger partial charge in [-0.15, -0.1) is 0 Å². The summed E-state index contributed by atoms with van der Waals surface area (Å²) in [6.07, 6.45) is 2.77. The van der Waals surface area contributed by atoms with Gasteiger partial charge in [0.05, 0.1) is 27.7 Å². The Bertz CT molecular complexity index is 503. The number of rotatable bonds is 5. The molecule has 0 fully saturated rings. The normalized spacial score (nSPS) is 14.8. The van der Waals surface area contributed by atoms with Gasteiger partial charge in [-0.1, -0.05) is 18.5 Å². The molecule has 0 aromatic carbocycles. The maximum atomic E-state index is 12.0. The molecule has 0 saturated carbocycles. The standard InChI is InChI=1S/C11H20ClN3O2S/c1-6-13-10(11(2,3)18(5,16)17)9-8(12)7-14-15(9)4/h7,10,13H,6H2,1-5H3. The van der Waals surface area contributed by atoms with Crippen LogP contribution in [0.5, 0.6) is 0 Å². The number of halogens is 1. The lowest BCUT2D eigenvalue weighted by atomic mass is 9.99. The van der Waals surface area contributed by atoms with E-state index in [1.165, 1.54) is 12.5 Å². The summed E-state index contributed by atoms with van der Waals surface area (Å²) in [5, 5.41) is 7.73. The van der Waals surface area contributed by atoms with E-state index in [4.69, 9.17) is 11.6 Å². The maximum absolute atomic E-state index is 12.0. The Labute approximate surface area is 113 Å². The van der Waals surface area contributed by atoms with Crippen LogP contribution in [-0.4, -0.2) is 35.7 Å². The molecule has 1 N–H and O–H groups in total. The summed E-state index contributed by atoms with van der Waals surface area (Å²) in [4.78, 5) is 0. The van der Waals surface area contributed by atoms with Gasteiger partial charge in [-0.25, -0.2) is 8.42 Å². The average molecular weight is 294 g/mol. The first-order chi connectivity index (χ1) is 8.13. The Kier molecular flexibility index (Phi) is 4.46. The van der Waals surface area contributed by atoms with Gasteiger partial charge in [0.2, 0.25) is 0 Å². The number of hydrogen-bond acceptors (Lipinski definition) is 4. The molecule has 1 rings (SSSR count). The van der Waals surface area contributed by atoms with E-state index in [0.29, 0.717) is 17.3 Å². The van der Waals surface area contributed by atoms with E-state index in [1.54, 1.807) is 25.6 Å². The van der Waals surface area contributed by atoms with Gasteiger partial charge in [-0.05, 0) is 20.4 Å². The van der Waals surface area contributed by atoms with Crippen molar-refractivity contribution in [1.82, 2.24) is 15.1 Å². The molecule has 0 bridgehead atoms. The number of nitrogens with zero attached hydrogens (tertiary/aromatic N) is 2. The molecule has 5 nitrogen and oxygen atoms in total. The van der Waals surface area contributed by atoms with E-state index in [2.05, 4.69) is 10.4 Å². The predicted octanol–water partition coefficient (Wildman–Crippen LogP) is 1.55. The number of aryl methyl sites for hydroxylation is 1. The minimum atomic E-state index is -3.25. The van der Waals surface area contributed by atoms with Gasteiger partial charge < -0.3 is 5.32 Å². The van der Waals surface area contributed by atoms with Crippen LogP contribution in [-0.2, 0) is 16.9 Å². The van der Waals surface area contributed by atoms with Crippen LogP contribution >= 0.6 is 11.6 Å². The molecular formula is C11H20ClN3O2S. The van der Waals surface area contributed by atoms with Crippen molar-refractivity contribution in [3.8, 4) is 0 Å². The molecule has 0 aliphatic rings. The molecule has 0 aliphatic carbocycles. The molecule has 104 valence electrons. The van der Waals surface area contributed by atoms with Crippen molar-refractivity contribution in [3.63, 3.8) is 0 Å². The third kappa shape index (κ3) is 2.70. The van der Waals surface area contributed by atoms with Crippen molar-refractivity contribution in [1.29, 1.82) is 0 Å². The second-order valence-corrected chi connectivity index (χ2v) is 7.87. The van der Waals surface area contributed by atoms with E-state index >= 15 is 0 Å². The van der Waals surface area contributed by atoms with Crippen LogP contribution in [0.3, 0.4) is 0 Å². The highest BCUT2D eigenvalue weighted by molar-refractivity contribution is 7.92. The largest absolute Gasteiger partial charge is 0.308 e. The topological polar surface area (TPSA) is 64.0 Å². The van der Waals surface area contributed by atoms with Crippen LogP contribution in [0.2, 0.25) is 5.02 Å². The van der Waals surface area contributed by atoms with E-state index in [9.17, 15) is 8.42 Å². The van der Waals surface area contributed by atoms with E-state index in [1.807, 2.05) is 6.92 Å². The summed E-state index contributed by atoms with van der Waals surface area (Å²) >= 11 is 6.11. The van der Waals surface area contributed by atoms with Crippen LogP contribution in [0, 0.1) is 0 Å². The van der Waals surface area contributed by atoms with Gasteiger partial charge in [0.1, 0.15) is 0 Å². The van der Waals surface area contributed by atoms with E-state index in [-0.39, 0.29) is 0 Å². The number of hydrogen-bond donors (Lipinski definition) is 1. The minimum Gasteiger partial charge on any atom is -0.308 e. The first-order valence-electron chi connectivity index (χ1n) is 5.73. The highest BCUT2D eigenvalue weighted by Gasteiger charge is 2.41. The van der Waals surface area contributed by atoms with Gasteiger partial charge >= 0.3 is 0 Å². The first-order valence-corrected chi connectivity index (χ1v) is 8.00. The summed E-state index contributed by atoms with van der Waals surface area (Å²) in [5.41, 5.74) is 0.689. The van der Waals surface area contributed by atoms with Crippen molar-refractivity contribution in [2.75, 3.05) is 12.8 Å². The average Bonchev–Trinajstić information content (AvgIpc) is 2.54. The fourth-order valence-electron chi connectivity index (χ4n) is 1.83. The predicted molar refractivity (Wildman–Crippen MR) is 73.6 cm³/mol. The van der Waals surface area contributed by atoms with Gasteiger partial charge in [-0.2, -0.15) is 5.10 Å². The molecule has 0 aliphatic heterocycles. The quantitative estimate of drug-likeness (QED) is 0.894. The van der Waals surface area contributed by atoms with Crippen molar-refractivity contribution in [2.24, 2.45) is 7.05 Å². The van der Waals surface area contributed by atoms with Crippen molar-refractivity contribution < 1.29 is 8.42 Å². The Morgan fingerprint density at radius 1 is 1.56 bits per heavy atom. The molecule has 0 spiro atoms. The lowest BCUT2D eigenvalue weighted by Gasteiger charge is -2.33. The molecule has 0 saturated heterocycles. The number of sulfone groups is 1. The molecule has 1 aromatic rings. The Balaban J connectivity index is 3.36. The Morgan fingerprint density at radius 3 is 2.44 bits per heavy atom. The van der Waals surface area contributed by atoms with Gasteiger partial charge in [-0.3, -0.25) is 4.68 Å². The second kappa shape index (κ2) is 5.19. The lowest BCUT2D eigenvalue weighted by Crippen LogP contribution is -2.45. The SMILES string of the molecule is CCNC(c1c(Cl)cnn1C)C(C)(C)S(C)(=O)=O. The smallest absolute Gasteiger partial charge is 0.154 e. The molecule has 0 amide bonds. The molecule has 0 radical (unpaired) electrons. The van der Waals surface area contributed by atoms with Gasteiger partial charge in [0.15, 0.2) is 9.84 Å². The van der Waals surface area contributed by atoms with Gasteiger partial charge in [0.25, 0.3) is 0 Å². The van der Waals surface area contributed by atoms with E-state index < -0.39 is 20.6 Å². The monoisotopic (exact) mass is 293 g/mol. The zero-order valence-electron chi connectivity index (χ0n) is 11.4. The second-order valence-electron chi connectivity index (χ2n) is 4.87. The highest BCUT2D eigenvalue weighted by Crippen LogP contribution is 2.35. The van der Waals surface area contributed by atoms with E-state index in [0.717, 1.165) is 0 Å². The lowest BCUT2D eigenvalue weighted by molar-refractivity contribution is 0.407. The van der Waals surface area contributed by atoms with Crippen LogP contribution in [0.1, 0.15) is 32.5 Å². The van der Waals surface area contributed by atoms with Crippen molar-refractivity contribution in [3.05, 3.63) is 16.9 Å². The van der Waals surface area contributed by atoms with Crippen LogP contribution in [0.15, 0.2) is 6.20 Å². The summed E-state index contributed by atoms with van der Waals surface area (Å²) < 4.78 is 24.6. The number of aromatic nitrogens is 2. The highest BCUT2D eigenvalue weighted by atomic mass is 35.5. The third-order valence-corrected chi connectivity index (χ3v) is 5.71.